The fraction of sp³-hybridized carbons (Fsp3) is 0. The lowest BCUT2D eigenvalue weighted by atomic mass is 10.1. The standard InChI is InChI=1S/C21H16N4O/c26-21(25-23-14-15-6-5-11-22-13-15)18-10-4-9-17-12-19(24-20(17)18)16-7-2-1-3-8-16/h1-14,24H,(H,25,26)/b23-14-. The molecule has 126 valence electrons. The summed E-state index contributed by atoms with van der Waals surface area (Å²) in [5.41, 5.74) is 6.78. The van der Waals surface area contributed by atoms with Crippen molar-refractivity contribution >= 4 is 23.0 Å². The number of nitrogens with one attached hydrogen (secondary N) is 2. The molecular formula is C21H16N4O. The number of benzene rings is 2. The molecule has 2 heterocycles. The maximum Gasteiger partial charge on any atom is 0.273 e. The molecule has 0 atom stereocenters. The lowest BCUT2D eigenvalue weighted by Crippen LogP contribution is -2.18. The summed E-state index contributed by atoms with van der Waals surface area (Å²) in [5.74, 6) is -0.266. The maximum absolute atomic E-state index is 12.5. The van der Waals surface area contributed by atoms with Crippen LogP contribution in [0.15, 0.2) is 84.2 Å². The number of pyridine rings is 1. The van der Waals surface area contributed by atoms with Crippen LogP contribution < -0.4 is 5.43 Å². The predicted octanol–water partition coefficient (Wildman–Crippen LogP) is 3.99. The van der Waals surface area contributed by atoms with E-state index < -0.39 is 0 Å². The third-order valence-corrected chi connectivity index (χ3v) is 4.05. The Morgan fingerprint density at radius 2 is 1.92 bits per heavy atom. The number of amides is 1. The molecule has 2 aromatic carbocycles. The number of hydrazone groups is 1. The molecule has 5 nitrogen and oxygen atoms in total. The molecule has 0 spiro atoms. The first kappa shape index (κ1) is 15.8. The van der Waals surface area contributed by atoms with Gasteiger partial charge in [-0.3, -0.25) is 9.78 Å². The van der Waals surface area contributed by atoms with Crippen molar-refractivity contribution in [2.45, 2.75) is 0 Å². The minimum atomic E-state index is -0.266. The Balaban J connectivity index is 1.61. The van der Waals surface area contributed by atoms with Gasteiger partial charge < -0.3 is 4.98 Å². The highest BCUT2D eigenvalue weighted by molar-refractivity contribution is 6.07. The van der Waals surface area contributed by atoms with Gasteiger partial charge >= 0.3 is 0 Å². The first-order valence-electron chi connectivity index (χ1n) is 8.22. The van der Waals surface area contributed by atoms with Gasteiger partial charge in [0.15, 0.2) is 0 Å². The van der Waals surface area contributed by atoms with Gasteiger partial charge in [0.1, 0.15) is 0 Å². The molecular weight excluding hydrogens is 324 g/mol. The summed E-state index contributed by atoms with van der Waals surface area (Å²) in [4.78, 5) is 19.9. The topological polar surface area (TPSA) is 70.1 Å². The van der Waals surface area contributed by atoms with Crippen LogP contribution >= 0.6 is 0 Å². The van der Waals surface area contributed by atoms with Crippen LogP contribution in [0.1, 0.15) is 15.9 Å². The van der Waals surface area contributed by atoms with Gasteiger partial charge in [-0.05, 0) is 23.8 Å². The molecule has 0 saturated heterocycles. The van der Waals surface area contributed by atoms with Crippen LogP contribution in [0.25, 0.3) is 22.2 Å². The second-order valence-electron chi connectivity index (χ2n) is 5.80. The summed E-state index contributed by atoms with van der Waals surface area (Å²) in [7, 11) is 0. The Morgan fingerprint density at radius 3 is 2.73 bits per heavy atom. The van der Waals surface area contributed by atoms with Crippen molar-refractivity contribution in [2.24, 2.45) is 5.10 Å². The Kier molecular flexibility index (Phi) is 4.26. The molecule has 0 unspecified atom stereocenters. The molecule has 2 N–H and O–H groups in total. The van der Waals surface area contributed by atoms with Gasteiger partial charge in [0, 0.05) is 29.0 Å². The third kappa shape index (κ3) is 3.23. The average molecular weight is 340 g/mol. The summed E-state index contributed by atoms with van der Waals surface area (Å²) in [6, 6.07) is 21.4. The molecule has 26 heavy (non-hydrogen) atoms. The van der Waals surface area contributed by atoms with E-state index in [1.54, 1.807) is 24.7 Å². The fourth-order valence-electron chi connectivity index (χ4n) is 2.80. The quantitative estimate of drug-likeness (QED) is 0.435. The summed E-state index contributed by atoms with van der Waals surface area (Å²) in [6.07, 6.45) is 4.93. The number of nitrogens with zero attached hydrogens (tertiary/aromatic N) is 2. The first-order valence-corrected chi connectivity index (χ1v) is 8.22. The summed E-state index contributed by atoms with van der Waals surface area (Å²) < 4.78 is 0. The van der Waals surface area contributed by atoms with Gasteiger partial charge in [0.05, 0.1) is 17.3 Å². The molecule has 0 saturated carbocycles. The number of fused-ring (bicyclic) bond motifs is 1. The largest absolute Gasteiger partial charge is 0.354 e. The summed E-state index contributed by atoms with van der Waals surface area (Å²) >= 11 is 0. The Hall–Kier alpha value is -3.73. The second kappa shape index (κ2) is 7.03. The highest BCUT2D eigenvalue weighted by atomic mass is 16.2. The zero-order chi connectivity index (χ0) is 17.8. The van der Waals surface area contributed by atoms with E-state index in [1.165, 1.54) is 0 Å². The van der Waals surface area contributed by atoms with Crippen LogP contribution in [0.2, 0.25) is 0 Å². The van der Waals surface area contributed by atoms with Crippen molar-refractivity contribution in [3.63, 3.8) is 0 Å². The van der Waals surface area contributed by atoms with Crippen LogP contribution in [0, 0.1) is 0 Å². The van der Waals surface area contributed by atoms with E-state index in [9.17, 15) is 4.79 Å². The number of aromatic nitrogens is 2. The Morgan fingerprint density at radius 1 is 1.04 bits per heavy atom. The summed E-state index contributed by atoms with van der Waals surface area (Å²) in [6.45, 7) is 0. The molecule has 5 heteroatoms. The number of hydrogen-bond acceptors (Lipinski definition) is 3. The molecule has 0 aliphatic heterocycles. The Bertz CT molecular complexity index is 1070. The molecule has 0 aliphatic carbocycles. The minimum Gasteiger partial charge on any atom is -0.354 e. The number of carbonyl (C=O) groups excluding carboxylic acids is 1. The van der Waals surface area contributed by atoms with Crippen molar-refractivity contribution in [3.05, 3.63) is 90.3 Å². The van der Waals surface area contributed by atoms with Crippen molar-refractivity contribution in [3.8, 4) is 11.3 Å². The predicted molar refractivity (Wildman–Crippen MR) is 103 cm³/mol. The monoisotopic (exact) mass is 340 g/mol. The number of aromatic amines is 1. The number of carbonyl (C=O) groups is 1. The van der Waals surface area contributed by atoms with E-state index in [0.29, 0.717) is 5.56 Å². The molecule has 1 amide bonds. The number of H-pyrrole nitrogens is 1. The number of para-hydroxylation sites is 1. The van der Waals surface area contributed by atoms with Gasteiger partial charge in [0.2, 0.25) is 0 Å². The van der Waals surface area contributed by atoms with Gasteiger partial charge in [-0.15, -0.1) is 0 Å². The zero-order valence-corrected chi connectivity index (χ0v) is 13.9. The fourth-order valence-corrected chi connectivity index (χ4v) is 2.80. The molecule has 0 bridgehead atoms. The normalized spacial score (nSPS) is 11.1. The lowest BCUT2D eigenvalue weighted by Gasteiger charge is -2.02. The van der Waals surface area contributed by atoms with Gasteiger partial charge in [0.25, 0.3) is 5.91 Å². The van der Waals surface area contributed by atoms with E-state index in [1.807, 2.05) is 60.7 Å². The van der Waals surface area contributed by atoms with Gasteiger partial charge in [-0.1, -0.05) is 48.5 Å². The molecule has 0 radical (unpaired) electrons. The van der Waals surface area contributed by atoms with E-state index >= 15 is 0 Å². The maximum atomic E-state index is 12.5. The molecule has 4 rings (SSSR count). The zero-order valence-electron chi connectivity index (χ0n) is 13.9. The van der Waals surface area contributed by atoms with Crippen LogP contribution in [0.3, 0.4) is 0 Å². The molecule has 4 aromatic rings. The van der Waals surface area contributed by atoms with Crippen molar-refractivity contribution in [1.82, 2.24) is 15.4 Å². The lowest BCUT2D eigenvalue weighted by molar-refractivity contribution is 0.0956. The van der Waals surface area contributed by atoms with Gasteiger partial charge in [-0.2, -0.15) is 5.10 Å². The molecule has 0 fully saturated rings. The van der Waals surface area contributed by atoms with E-state index in [4.69, 9.17) is 0 Å². The van der Waals surface area contributed by atoms with Gasteiger partial charge in [-0.25, -0.2) is 5.43 Å². The molecule has 0 aliphatic rings. The third-order valence-electron chi connectivity index (χ3n) is 4.05. The number of rotatable bonds is 4. The second-order valence-corrected chi connectivity index (χ2v) is 5.80. The SMILES string of the molecule is O=C(N/N=C\c1cccnc1)c1cccc2cc(-c3ccccc3)[nH]c12. The minimum absolute atomic E-state index is 0.266. The van der Waals surface area contributed by atoms with E-state index in [2.05, 4.69) is 20.5 Å². The van der Waals surface area contributed by atoms with Crippen molar-refractivity contribution < 1.29 is 4.79 Å². The van der Waals surface area contributed by atoms with Crippen molar-refractivity contribution in [2.75, 3.05) is 0 Å². The highest BCUT2D eigenvalue weighted by Gasteiger charge is 2.12. The van der Waals surface area contributed by atoms with Crippen LogP contribution in [0.5, 0.6) is 0 Å². The van der Waals surface area contributed by atoms with Crippen LogP contribution in [-0.2, 0) is 0 Å². The number of hydrogen-bond donors (Lipinski definition) is 2. The molecule has 2 aromatic heterocycles. The first-order chi connectivity index (χ1) is 12.8. The summed E-state index contributed by atoms with van der Waals surface area (Å²) in [5, 5.41) is 4.99. The van der Waals surface area contributed by atoms with Crippen molar-refractivity contribution in [1.29, 1.82) is 0 Å². The van der Waals surface area contributed by atoms with Crippen LogP contribution in [0.4, 0.5) is 0 Å². The van der Waals surface area contributed by atoms with E-state index in [0.717, 1.165) is 27.7 Å². The smallest absolute Gasteiger partial charge is 0.273 e. The Labute approximate surface area is 150 Å². The highest BCUT2D eigenvalue weighted by Crippen LogP contribution is 2.26. The van der Waals surface area contributed by atoms with E-state index in [-0.39, 0.29) is 5.91 Å². The van der Waals surface area contributed by atoms with Crippen LogP contribution in [-0.4, -0.2) is 22.1 Å². The average Bonchev–Trinajstić information content (AvgIpc) is 3.14.